The molecule has 2 heterocycles. The van der Waals surface area contributed by atoms with Crippen molar-refractivity contribution in [1.82, 2.24) is 14.8 Å². The Labute approximate surface area is 204 Å². The van der Waals surface area contributed by atoms with Gasteiger partial charge in [0.05, 0.1) is 6.54 Å². The van der Waals surface area contributed by atoms with E-state index in [9.17, 15) is 9.59 Å². The van der Waals surface area contributed by atoms with Gasteiger partial charge in [-0.05, 0) is 72.7 Å². The number of hydrogen-bond donors (Lipinski definition) is 0. The van der Waals surface area contributed by atoms with E-state index in [1.807, 2.05) is 57.2 Å². The number of piperidine rings is 1. The van der Waals surface area contributed by atoms with Crippen LogP contribution < -0.4 is 0 Å². The smallest absolute Gasteiger partial charge is 0.410 e. The molecule has 0 saturated carbocycles. The number of likely N-dealkylation sites (tertiary alicyclic amines) is 1. The van der Waals surface area contributed by atoms with Gasteiger partial charge < -0.3 is 19.3 Å². The van der Waals surface area contributed by atoms with Crippen LogP contribution in [0.3, 0.4) is 0 Å². The maximum atomic E-state index is 12.9. The molecule has 0 atom stereocenters. The molecule has 1 aliphatic heterocycles. The van der Waals surface area contributed by atoms with Gasteiger partial charge in [-0.1, -0.05) is 30.3 Å². The standard InChI is InChI=1S/C25H32BrN3O4/c1-25(2,3)33-24(31)29(17-21-13-22(26)15-27-14-21)16-19-9-11-28(12-10-19)23(30)32-18-20-7-5-4-6-8-20/h4-8,13-15,19H,9-12,16-18H2,1-3H3. The Balaban J connectivity index is 1.54. The summed E-state index contributed by atoms with van der Waals surface area (Å²) in [5.74, 6) is 0.274. The molecule has 0 N–H and O–H groups in total. The Hall–Kier alpha value is -2.61. The number of rotatable bonds is 6. The molecule has 33 heavy (non-hydrogen) atoms. The van der Waals surface area contributed by atoms with E-state index in [1.54, 1.807) is 22.2 Å². The number of nitrogens with zero attached hydrogens (tertiary/aromatic N) is 3. The molecule has 0 bridgehead atoms. The predicted molar refractivity (Wildman–Crippen MR) is 130 cm³/mol. The normalized spacial score (nSPS) is 14.6. The predicted octanol–water partition coefficient (Wildman–Crippen LogP) is 5.63. The summed E-state index contributed by atoms with van der Waals surface area (Å²) >= 11 is 3.44. The maximum Gasteiger partial charge on any atom is 0.410 e. The van der Waals surface area contributed by atoms with Crippen LogP contribution in [0.25, 0.3) is 0 Å². The fraction of sp³-hybridized carbons (Fsp3) is 0.480. The molecule has 0 spiro atoms. The summed E-state index contributed by atoms with van der Waals surface area (Å²) in [7, 11) is 0. The van der Waals surface area contributed by atoms with Gasteiger partial charge in [0.25, 0.3) is 0 Å². The molecule has 7 nitrogen and oxygen atoms in total. The number of hydrogen-bond acceptors (Lipinski definition) is 5. The summed E-state index contributed by atoms with van der Waals surface area (Å²) in [6, 6.07) is 11.6. The van der Waals surface area contributed by atoms with Gasteiger partial charge in [0.1, 0.15) is 12.2 Å². The zero-order valence-corrected chi connectivity index (χ0v) is 21.1. The second kappa shape index (κ2) is 11.5. The average Bonchev–Trinajstić information content (AvgIpc) is 2.77. The molecule has 1 fully saturated rings. The molecule has 1 aliphatic rings. The lowest BCUT2D eigenvalue weighted by atomic mass is 9.96. The SMILES string of the molecule is CC(C)(C)OC(=O)N(Cc1cncc(Br)c1)CC1CCN(C(=O)OCc2ccccc2)CC1. The minimum Gasteiger partial charge on any atom is -0.445 e. The zero-order chi connectivity index (χ0) is 23.8. The highest BCUT2D eigenvalue weighted by Gasteiger charge is 2.29. The van der Waals surface area contributed by atoms with Crippen molar-refractivity contribution in [3.05, 3.63) is 64.4 Å². The number of aromatic nitrogens is 1. The van der Waals surface area contributed by atoms with Crippen LogP contribution in [0.2, 0.25) is 0 Å². The summed E-state index contributed by atoms with van der Waals surface area (Å²) in [6.45, 7) is 8.06. The number of carbonyl (C=O) groups is 2. The van der Waals surface area contributed by atoms with Crippen molar-refractivity contribution in [3.63, 3.8) is 0 Å². The van der Waals surface area contributed by atoms with Crippen molar-refractivity contribution >= 4 is 28.1 Å². The number of carbonyl (C=O) groups excluding carboxylic acids is 2. The van der Waals surface area contributed by atoms with Gasteiger partial charge in [0, 0.05) is 36.5 Å². The van der Waals surface area contributed by atoms with Gasteiger partial charge in [0.15, 0.2) is 0 Å². The van der Waals surface area contributed by atoms with Gasteiger partial charge in [0.2, 0.25) is 0 Å². The van der Waals surface area contributed by atoms with E-state index in [1.165, 1.54) is 0 Å². The molecule has 178 valence electrons. The van der Waals surface area contributed by atoms with E-state index in [-0.39, 0.29) is 24.7 Å². The molecule has 0 aliphatic carbocycles. The molecular weight excluding hydrogens is 486 g/mol. The van der Waals surface area contributed by atoms with E-state index in [0.717, 1.165) is 28.4 Å². The Kier molecular flexibility index (Phi) is 8.72. The molecule has 2 aromatic rings. The number of pyridine rings is 1. The Morgan fingerprint density at radius 2 is 1.82 bits per heavy atom. The quantitative estimate of drug-likeness (QED) is 0.496. The summed E-state index contributed by atoms with van der Waals surface area (Å²) < 4.78 is 12.0. The van der Waals surface area contributed by atoms with Gasteiger partial charge in [-0.2, -0.15) is 0 Å². The van der Waals surface area contributed by atoms with E-state index >= 15 is 0 Å². The highest BCUT2D eigenvalue weighted by atomic mass is 79.9. The lowest BCUT2D eigenvalue weighted by Gasteiger charge is -2.35. The summed E-state index contributed by atoms with van der Waals surface area (Å²) in [5, 5.41) is 0. The topological polar surface area (TPSA) is 72.0 Å². The summed E-state index contributed by atoms with van der Waals surface area (Å²) in [6.07, 6.45) is 4.45. The van der Waals surface area contributed by atoms with Gasteiger partial charge in [-0.15, -0.1) is 0 Å². The maximum absolute atomic E-state index is 12.9. The van der Waals surface area contributed by atoms with Crippen LogP contribution in [0.4, 0.5) is 9.59 Å². The zero-order valence-electron chi connectivity index (χ0n) is 19.5. The molecule has 0 unspecified atom stereocenters. The van der Waals surface area contributed by atoms with Crippen molar-refractivity contribution in [1.29, 1.82) is 0 Å². The molecule has 1 aromatic heterocycles. The molecule has 3 rings (SSSR count). The van der Waals surface area contributed by atoms with Crippen molar-refractivity contribution in [2.75, 3.05) is 19.6 Å². The summed E-state index contributed by atoms with van der Waals surface area (Å²) in [4.78, 5) is 33.0. The second-order valence-electron chi connectivity index (χ2n) is 9.34. The van der Waals surface area contributed by atoms with E-state index < -0.39 is 5.60 Å². The first kappa shape index (κ1) is 25.0. The third kappa shape index (κ3) is 8.35. The van der Waals surface area contributed by atoms with Crippen LogP contribution in [0, 0.1) is 5.92 Å². The van der Waals surface area contributed by atoms with Crippen LogP contribution in [0.1, 0.15) is 44.7 Å². The number of benzene rings is 1. The summed E-state index contributed by atoms with van der Waals surface area (Å²) in [5.41, 5.74) is 1.32. The Bertz CT molecular complexity index is 925. The minimum atomic E-state index is -0.573. The fourth-order valence-electron chi connectivity index (χ4n) is 3.71. The van der Waals surface area contributed by atoms with E-state index in [4.69, 9.17) is 9.47 Å². The molecule has 8 heteroatoms. The van der Waals surface area contributed by atoms with Crippen LogP contribution >= 0.6 is 15.9 Å². The number of ether oxygens (including phenoxy) is 2. The van der Waals surface area contributed by atoms with Crippen molar-refractivity contribution in [2.45, 2.75) is 52.4 Å². The number of halogens is 1. The second-order valence-corrected chi connectivity index (χ2v) is 10.3. The van der Waals surface area contributed by atoms with Gasteiger partial charge in [-0.25, -0.2) is 9.59 Å². The molecule has 1 saturated heterocycles. The van der Waals surface area contributed by atoms with Crippen LogP contribution in [0.15, 0.2) is 53.3 Å². The lowest BCUT2D eigenvalue weighted by Crippen LogP contribution is -2.44. The van der Waals surface area contributed by atoms with E-state index in [2.05, 4.69) is 20.9 Å². The van der Waals surface area contributed by atoms with Crippen LogP contribution in [-0.2, 0) is 22.6 Å². The Morgan fingerprint density at radius 3 is 2.45 bits per heavy atom. The first-order chi connectivity index (χ1) is 15.7. The minimum absolute atomic E-state index is 0.271. The van der Waals surface area contributed by atoms with Crippen molar-refractivity contribution in [2.24, 2.45) is 5.92 Å². The fourth-order valence-corrected chi connectivity index (χ4v) is 4.13. The molecule has 2 amide bonds. The first-order valence-corrected chi connectivity index (χ1v) is 12.0. The monoisotopic (exact) mass is 517 g/mol. The van der Waals surface area contributed by atoms with Gasteiger partial charge in [-0.3, -0.25) is 4.98 Å². The first-order valence-electron chi connectivity index (χ1n) is 11.2. The lowest BCUT2D eigenvalue weighted by molar-refractivity contribution is 0.0169. The third-order valence-corrected chi connectivity index (χ3v) is 5.78. The molecule has 1 aromatic carbocycles. The third-order valence-electron chi connectivity index (χ3n) is 5.34. The molecule has 0 radical (unpaired) electrons. The highest BCUT2D eigenvalue weighted by molar-refractivity contribution is 9.10. The van der Waals surface area contributed by atoms with Crippen molar-refractivity contribution < 1.29 is 19.1 Å². The number of amides is 2. The molecular formula is C25H32BrN3O4. The van der Waals surface area contributed by atoms with E-state index in [0.29, 0.717) is 26.2 Å². The Morgan fingerprint density at radius 1 is 1.12 bits per heavy atom. The van der Waals surface area contributed by atoms with Crippen molar-refractivity contribution in [3.8, 4) is 0 Å². The van der Waals surface area contributed by atoms with Gasteiger partial charge >= 0.3 is 12.2 Å². The van der Waals surface area contributed by atoms with Crippen LogP contribution in [-0.4, -0.2) is 52.2 Å². The average molecular weight is 518 g/mol. The van der Waals surface area contributed by atoms with Crippen LogP contribution in [0.5, 0.6) is 0 Å². The largest absolute Gasteiger partial charge is 0.445 e. The highest BCUT2D eigenvalue weighted by Crippen LogP contribution is 2.22.